The Hall–Kier alpha value is -4.00. The summed E-state index contributed by atoms with van der Waals surface area (Å²) in [6, 6.07) is 2.57. The SMILES string of the molecule is Cc1ncc(-c2cn(CC(=O)N3C[C@H](F)C[C@H]3C(=O)Nc3nc(Br)ccc3C)c3ncnc(N)c23)cn1. The first kappa shape index (κ1) is 24.7. The van der Waals surface area contributed by atoms with Gasteiger partial charge in [0.1, 0.15) is 52.8 Å². The zero-order chi connectivity index (χ0) is 26.3. The van der Waals surface area contributed by atoms with E-state index in [1.165, 1.54) is 11.2 Å². The molecular formula is C24H23BrFN9O2. The molecule has 2 amide bonds. The van der Waals surface area contributed by atoms with Crippen LogP contribution in [-0.2, 0) is 16.1 Å². The molecule has 0 spiro atoms. The first-order valence-corrected chi connectivity index (χ1v) is 12.3. The van der Waals surface area contributed by atoms with Gasteiger partial charge in [-0.2, -0.15) is 0 Å². The van der Waals surface area contributed by atoms with E-state index in [0.29, 0.717) is 38.4 Å². The number of pyridine rings is 1. The largest absolute Gasteiger partial charge is 0.383 e. The molecule has 5 rings (SSSR count). The van der Waals surface area contributed by atoms with Crippen molar-refractivity contribution in [1.82, 2.24) is 34.4 Å². The molecule has 190 valence electrons. The van der Waals surface area contributed by atoms with Crippen molar-refractivity contribution < 1.29 is 14.0 Å². The van der Waals surface area contributed by atoms with Crippen LogP contribution < -0.4 is 11.1 Å². The highest BCUT2D eigenvalue weighted by Crippen LogP contribution is 2.32. The second kappa shape index (κ2) is 9.81. The molecule has 1 aliphatic rings. The maximum atomic E-state index is 14.5. The lowest BCUT2D eigenvalue weighted by Crippen LogP contribution is -2.44. The summed E-state index contributed by atoms with van der Waals surface area (Å²) in [5.41, 5.74) is 8.68. The molecule has 0 radical (unpaired) electrons. The molecule has 3 N–H and O–H groups in total. The number of nitrogens with zero attached hydrogens (tertiary/aromatic N) is 7. The Labute approximate surface area is 219 Å². The van der Waals surface area contributed by atoms with Crippen molar-refractivity contribution in [3.63, 3.8) is 0 Å². The molecule has 0 saturated carbocycles. The smallest absolute Gasteiger partial charge is 0.248 e. The van der Waals surface area contributed by atoms with Gasteiger partial charge in [-0.3, -0.25) is 9.59 Å². The van der Waals surface area contributed by atoms with Gasteiger partial charge in [-0.1, -0.05) is 6.07 Å². The highest BCUT2D eigenvalue weighted by molar-refractivity contribution is 9.10. The molecule has 37 heavy (non-hydrogen) atoms. The van der Waals surface area contributed by atoms with Crippen molar-refractivity contribution in [2.24, 2.45) is 0 Å². The Morgan fingerprint density at radius 3 is 2.70 bits per heavy atom. The molecular weight excluding hydrogens is 545 g/mol. The molecule has 1 fully saturated rings. The van der Waals surface area contributed by atoms with Crippen LogP contribution in [0.15, 0.2) is 41.7 Å². The molecule has 13 heteroatoms. The average Bonchev–Trinajstić information content (AvgIpc) is 3.44. The van der Waals surface area contributed by atoms with Gasteiger partial charge < -0.3 is 20.5 Å². The van der Waals surface area contributed by atoms with Crippen LogP contribution in [0.3, 0.4) is 0 Å². The van der Waals surface area contributed by atoms with Crippen molar-refractivity contribution in [2.75, 3.05) is 17.6 Å². The van der Waals surface area contributed by atoms with Crippen molar-refractivity contribution in [2.45, 2.75) is 39.0 Å². The fourth-order valence-corrected chi connectivity index (χ4v) is 4.70. The maximum Gasteiger partial charge on any atom is 0.248 e. The summed E-state index contributed by atoms with van der Waals surface area (Å²) in [5, 5.41) is 3.28. The lowest BCUT2D eigenvalue weighted by Gasteiger charge is -2.24. The van der Waals surface area contributed by atoms with E-state index < -0.39 is 24.0 Å². The van der Waals surface area contributed by atoms with E-state index in [4.69, 9.17) is 5.73 Å². The topological polar surface area (TPSA) is 145 Å². The number of carbonyl (C=O) groups excluding carboxylic acids is 2. The molecule has 1 aliphatic heterocycles. The maximum absolute atomic E-state index is 14.5. The summed E-state index contributed by atoms with van der Waals surface area (Å²) in [6.07, 6.45) is 4.91. The van der Waals surface area contributed by atoms with Gasteiger partial charge in [0, 0.05) is 36.1 Å². The molecule has 5 heterocycles. The number of rotatable bonds is 5. The van der Waals surface area contributed by atoms with E-state index >= 15 is 0 Å². The van der Waals surface area contributed by atoms with Crippen LogP contribution in [0.4, 0.5) is 16.0 Å². The predicted molar refractivity (Wildman–Crippen MR) is 138 cm³/mol. The van der Waals surface area contributed by atoms with Gasteiger partial charge in [-0.05, 0) is 41.4 Å². The van der Waals surface area contributed by atoms with Crippen LogP contribution in [-0.4, -0.2) is 65.0 Å². The quantitative estimate of drug-likeness (QED) is 0.350. The van der Waals surface area contributed by atoms with E-state index in [2.05, 4.69) is 46.2 Å². The number of likely N-dealkylation sites (tertiary alicyclic amines) is 1. The van der Waals surface area contributed by atoms with Gasteiger partial charge in [-0.15, -0.1) is 0 Å². The van der Waals surface area contributed by atoms with Gasteiger partial charge >= 0.3 is 0 Å². The van der Waals surface area contributed by atoms with Crippen molar-refractivity contribution in [3.05, 3.63) is 53.0 Å². The highest BCUT2D eigenvalue weighted by Gasteiger charge is 2.40. The number of carbonyl (C=O) groups is 2. The zero-order valence-electron chi connectivity index (χ0n) is 20.0. The van der Waals surface area contributed by atoms with Gasteiger partial charge in [0.15, 0.2) is 0 Å². The van der Waals surface area contributed by atoms with Crippen LogP contribution in [0, 0.1) is 13.8 Å². The summed E-state index contributed by atoms with van der Waals surface area (Å²) >= 11 is 3.28. The van der Waals surface area contributed by atoms with Crippen molar-refractivity contribution in [1.29, 1.82) is 0 Å². The Balaban J connectivity index is 1.43. The summed E-state index contributed by atoms with van der Waals surface area (Å²) in [6.45, 7) is 3.21. The van der Waals surface area contributed by atoms with Crippen molar-refractivity contribution in [3.8, 4) is 11.1 Å². The number of hydrogen-bond donors (Lipinski definition) is 2. The van der Waals surface area contributed by atoms with Gasteiger partial charge in [-0.25, -0.2) is 29.3 Å². The standard InChI is InChI=1S/C24H23BrFN9O2/c1-12-3-4-18(25)32-22(12)33-24(37)17-5-15(26)8-35(17)19(36)10-34-9-16(14-6-28-13(2)29-7-14)20-21(27)30-11-31-23(20)34/h3-4,6-7,9,11,15,17H,5,8,10H2,1-2H3,(H2,27,30,31)(H,32,33,37)/t15-,17+/m1/s1. The number of amides is 2. The van der Waals surface area contributed by atoms with E-state index in [0.717, 1.165) is 5.56 Å². The molecule has 2 atom stereocenters. The lowest BCUT2D eigenvalue weighted by atomic mass is 10.1. The molecule has 0 aromatic carbocycles. The van der Waals surface area contributed by atoms with E-state index in [-0.39, 0.29) is 25.3 Å². The number of nitrogen functional groups attached to an aromatic ring is 1. The number of fused-ring (bicyclic) bond motifs is 1. The number of nitrogens with one attached hydrogen (secondary N) is 1. The number of halogens is 2. The van der Waals surface area contributed by atoms with Gasteiger partial charge in [0.2, 0.25) is 11.8 Å². The van der Waals surface area contributed by atoms with E-state index in [1.807, 2.05) is 0 Å². The Morgan fingerprint density at radius 2 is 1.95 bits per heavy atom. The highest BCUT2D eigenvalue weighted by atomic mass is 79.9. The van der Waals surface area contributed by atoms with Crippen LogP contribution >= 0.6 is 15.9 Å². The minimum Gasteiger partial charge on any atom is -0.383 e. The summed E-state index contributed by atoms with van der Waals surface area (Å²) in [7, 11) is 0. The molecule has 4 aromatic rings. The monoisotopic (exact) mass is 567 g/mol. The summed E-state index contributed by atoms with van der Waals surface area (Å²) < 4.78 is 16.6. The average molecular weight is 568 g/mol. The molecule has 0 bridgehead atoms. The molecule has 0 aliphatic carbocycles. The summed E-state index contributed by atoms with van der Waals surface area (Å²) in [5.74, 6) is 0.274. The Bertz CT molecular complexity index is 1510. The Kier molecular flexibility index (Phi) is 6.54. The number of nitrogens with two attached hydrogens (primary N) is 1. The van der Waals surface area contributed by atoms with Crippen LogP contribution in [0.1, 0.15) is 17.8 Å². The second-order valence-corrected chi connectivity index (χ2v) is 9.64. The predicted octanol–water partition coefficient (Wildman–Crippen LogP) is 2.82. The first-order valence-electron chi connectivity index (χ1n) is 11.5. The van der Waals surface area contributed by atoms with Gasteiger partial charge in [0.05, 0.1) is 11.9 Å². The fraction of sp³-hybridized carbons (Fsp3) is 0.292. The zero-order valence-corrected chi connectivity index (χ0v) is 21.6. The molecule has 11 nitrogen and oxygen atoms in total. The third kappa shape index (κ3) is 4.86. The lowest BCUT2D eigenvalue weighted by molar-refractivity contribution is -0.137. The first-order chi connectivity index (χ1) is 17.7. The molecule has 4 aromatic heterocycles. The van der Waals surface area contributed by atoms with Crippen LogP contribution in [0.25, 0.3) is 22.2 Å². The van der Waals surface area contributed by atoms with Crippen LogP contribution in [0.2, 0.25) is 0 Å². The number of alkyl halides is 1. The normalized spacial score (nSPS) is 17.4. The summed E-state index contributed by atoms with van der Waals surface area (Å²) in [4.78, 5) is 48.9. The van der Waals surface area contributed by atoms with E-state index in [9.17, 15) is 14.0 Å². The molecule has 1 saturated heterocycles. The third-order valence-corrected chi connectivity index (χ3v) is 6.70. The minimum atomic E-state index is -1.32. The van der Waals surface area contributed by atoms with Gasteiger partial charge in [0.25, 0.3) is 0 Å². The van der Waals surface area contributed by atoms with Crippen LogP contribution in [0.5, 0.6) is 0 Å². The minimum absolute atomic E-state index is 0.0991. The number of aryl methyl sites for hydroxylation is 2. The number of hydrogen-bond acceptors (Lipinski definition) is 8. The Morgan fingerprint density at radius 1 is 1.19 bits per heavy atom. The molecule has 0 unspecified atom stereocenters. The second-order valence-electron chi connectivity index (χ2n) is 8.83. The third-order valence-electron chi connectivity index (χ3n) is 6.26. The number of anilines is 2. The number of aromatic nitrogens is 6. The van der Waals surface area contributed by atoms with Crippen molar-refractivity contribution >= 4 is 50.4 Å². The fourth-order valence-electron chi connectivity index (χ4n) is 4.40. The van der Waals surface area contributed by atoms with E-state index in [1.54, 1.807) is 49.1 Å².